The van der Waals surface area contributed by atoms with E-state index in [2.05, 4.69) is 26.2 Å². The van der Waals surface area contributed by atoms with Gasteiger partial charge in [-0.15, -0.1) is 0 Å². The van der Waals surface area contributed by atoms with Gasteiger partial charge in [-0.2, -0.15) is 0 Å². The molecule has 1 spiro atoms. The van der Waals surface area contributed by atoms with E-state index in [0.717, 1.165) is 18.4 Å². The van der Waals surface area contributed by atoms with Crippen molar-refractivity contribution in [1.82, 2.24) is 5.32 Å². The predicted molar refractivity (Wildman–Crippen MR) is 81.4 cm³/mol. The first-order valence-electron chi connectivity index (χ1n) is 8.50. The maximum Gasteiger partial charge on any atom is 0.0685 e. The van der Waals surface area contributed by atoms with E-state index in [-0.39, 0.29) is 5.60 Å². The Hall–Kier alpha value is -0.0800. The summed E-state index contributed by atoms with van der Waals surface area (Å²) in [6.45, 7) is 5.69. The van der Waals surface area contributed by atoms with Gasteiger partial charge in [0, 0.05) is 12.6 Å². The van der Waals surface area contributed by atoms with Crippen molar-refractivity contribution < 1.29 is 4.74 Å². The van der Waals surface area contributed by atoms with Gasteiger partial charge in [0.15, 0.2) is 0 Å². The van der Waals surface area contributed by atoms with Crippen molar-refractivity contribution in [3.8, 4) is 0 Å². The van der Waals surface area contributed by atoms with Crippen molar-refractivity contribution in [3.05, 3.63) is 0 Å². The summed E-state index contributed by atoms with van der Waals surface area (Å²) in [5.74, 6) is 1.66. The summed E-state index contributed by atoms with van der Waals surface area (Å²) in [7, 11) is 2.15. The maximum absolute atomic E-state index is 6.23. The fourth-order valence-electron chi connectivity index (χ4n) is 4.10. The molecular weight excluding hydrogens is 234 g/mol. The molecule has 0 aromatic carbocycles. The third-order valence-electron chi connectivity index (χ3n) is 5.59. The molecule has 1 aliphatic heterocycles. The zero-order valence-corrected chi connectivity index (χ0v) is 13.2. The highest BCUT2D eigenvalue weighted by Crippen LogP contribution is 2.42. The van der Waals surface area contributed by atoms with Gasteiger partial charge in [0.25, 0.3) is 0 Å². The topological polar surface area (TPSA) is 21.3 Å². The monoisotopic (exact) mass is 267 g/mol. The molecule has 3 atom stereocenters. The summed E-state index contributed by atoms with van der Waals surface area (Å²) in [6.07, 6.45) is 12.0. The Bertz CT molecular complexity index is 254. The molecule has 0 aromatic rings. The van der Waals surface area contributed by atoms with Crippen LogP contribution in [0.15, 0.2) is 0 Å². The highest BCUT2D eigenvalue weighted by atomic mass is 16.5. The minimum atomic E-state index is 0.256. The van der Waals surface area contributed by atoms with Crippen LogP contribution in [0.3, 0.4) is 0 Å². The van der Waals surface area contributed by atoms with Crippen molar-refractivity contribution in [2.75, 3.05) is 13.7 Å². The minimum Gasteiger partial charge on any atom is -0.375 e. The van der Waals surface area contributed by atoms with Crippen LogP contribution < -0.4 is 5.32 Å². The Morgan fingerprint density at radius 2 is 2.00 bits per heavy atom. The van der Waals surface area contributed by atoms with Gasteiger partial charge in [-0.1, -0.05) is 39.5 Å². The van der Waals surface area contributed by atoms with Crippen LogP contribution in [0.2, 0.25) is 0 Å². The van der Waals surface area contributed by atoms with Gasteiger partial charge >= 0.3 is 0 Å². The van der Waals surface area contributed by atoms with Crippen molar-refractivity contribution >= 4 is 0 Å². The molecule has 0 aromatic heterocycles. The van der Waals surface area contributed by atoms with E-state index in [1.54, 1.807) is 0 Å². The zero-order valence-electron chi connectivity index (χ0n) is 13.2. The molecule has 2 fully saturated rings. The fourth-order valence-corrected chi connectivity index (χ4v) is 4.10. The Morgan fingerprint density at radius 1 is 1.26 bits per heavy atom. The fraction of sp³-hybridized carbons (Fsp3) is 1.00. The largest absolute Gasteiger partial charge is 0.375 e. The molecule has 2 rings (SSSR count). The Labute approximate surface area is 119 Å². The second-order valence-corrected chi connectivity index (χ2v) is 6.99. The smallest absolute Gasteiger partial charge is 0.0685 e. The molecule has 2 nitrogen and oxygen atoms in total. The van der Waals surface area contributed by atoms with Crippen molar-refractivity contribution in [2.45, 2.75) is 83.3 Å². The number of nitrogens with one attached hydrogen (secondary N) is 1. The van der Waals surface area contributed by atoms with Gasteiger partial charge < -0.3 is 10.1 Å². The third kappa shape index (κ3) is 3.95. The van der Waals surface area contributed by atoms with Gasteiger partial charge in [-0.3, -0.25) is 0 Å². The molecule has 1 N–H and O–H groups in total. The SMILES string of the molecule is CCC(C)CC(NC)C1CCOC2(CCCCC2)C1. The normalized spacial score (nSPS) is 30.2. The molecule has 1 saturated carbocycles. The molecule has 1 aliphatic carbocycles. The lowest BCUT2D eigenvalue weighted by Gasteiger charge is -2.46. The molecule has 0 bridgehead atoms. The Morgan fingerprint density at radius 3 is 2.63 bits per heavy atom. The van der Waals surface area contributed by atoms with E-state index < -0.39 is 0 Å². The van der Waals surface area contributed by atoms with Crippen LogP contribution in [-0.2, 0) is 4.74 Å². The van der Waals surface area contributed by atoms with Gasteiger partial charge in [0.2, 0.25) is 0 Å². The third-order valence-corrected chi connectivity index (χ3v) is 5.59. The molecule has 112 valence electrons. The van der Waals surface area contributed by atoms with Crippen LogP contribution >= 0.6 is 0 Å². The van der Waals surface area contributed by atoms with Crippen molar-refractivity contribution in [3.63, 3.8) is 0 Å². The molecule has 1 saturated heterocycles. The van der Waals surface area contributed by atoms with E-state index in [4.69, 9.17) is 4.74 Å². The number of ether oxygens (including phenoxy) is 1. The molecule has 2 heteroatoms. The summed E-state index contributed by atoms with van der Waals surface area (Å²) in [5, 5.41) is 3.60. The van der Waals surface area contributed by atoms with Crippen LogP contribution in [0, 0.1) is 11.8 Å². The lowest BCUT2D eigenvalue weighted by atomic mass is 9.73. The second-order valence-electron chi connectivity index (χ2n) is 6.99. The summed E-state index contributed by atoms with van der Waals surface area (Å²) >= 11 is 0. The second kappa shape index (κ2) is 7.08. The van der Waals surface area contributed by atoms with E-state index in [1.165, 1.54) is 57.8 Å². The van der Waals surface area contributed by atoms with Crippen LogP contribution in [0.4, 0.5) is 0 Å². The summed E-state index contributed by atoms with van der Waals surface area (Å²) in [5.41, 5.74) is 0.256. The molecule has 0 radical (unpaired) electrons. The summed E-state index contributed by atoms with van der Waals surface area (Å²) < 4.78 is 6.23. The van der Waals surface area contributed by atoms with Crippen LogP contribution in [0.5, 0.6) is 0 Å². The van der Waals surface area contributed by atoms with Gasteiger partial charge in [0.1, 0.15) is 0 Å². The lowest BCUT2D eigenvalue weighted by Crippen LogP contribution is -2.47. The molecule has 2 aliphatic rings. The van der Waals surface area contributed by atoms with Gasteiger partial charge in [-0.25, -0.2) is 0 Å². The first kappa shape index (κ1) is 15.3. The number of hydrogen-bond donors (Lipinski definition) is 1. The molecule has 3 unspecified atom stereocenters. The average Bonchev–Trinajstić information content (AvgIpc) is 2.45. The quantitative estimate of drug-likeness (QED) is 0.808. The van der Waals surface area contributed by atoms with E-state index >= 15 is 0 Å². The Kier molecular flexibility index (Phi) is 5.70. The highest BCUT2D eigenvalue weighted by Gasteiger charge is 2.40. The van der Waals surface area contributed by atoms with Gasteiger partial charge in [-0.05, 0) is 51.0 Å². The number of hydrogen-bond acceptors (Lipinski definition) is 2. The van der Waals surface area contributed by atoms with Gasteiger partial charge in [0.05, 0.1) is 5.60 Å². The maximum atomic E-state index is 6.23. The first-order valence-corrected chi connectivity index (χ1v) is 8.50. The predicted octanol–water partition coefficient (Wildman–Crippen LogP) is 4.14. The standard InChI is InChI=1S/C17H33NO/c1-4-14(2)12-16(18-3)15-8-11-19-17(13-15)9-6-5-7-10-17/h14-16,18H,4-13H2,1-3H3. The Balaban J connectivity index is 1.94. The highest BCUT2D eigenvalue weighted by molar-refractivity contribution is 4.93. The van der Waals surface area contributed by atoms with E-state index in [0.29, 0.717) is 6.04 Å². The molecular formula is C17H33NO. The lowest BCUT2D eigenvalue weighted by molar-refractivity contribution is -0.122. The van der Waals surface area contributed by atoms with Crippen molar-refractivity contribution in [2.24, 2.45) is 11.8 Å². The minimum absolute atomic E-state index is 0.256. The van der Waals surface area contributed by atoms with E-state index in [9.17, 15) is 0 Å². The number of rotatable bonds is 5. The van der Waals surface area contributed by atoms with Crippen LogP contribution in [0.25, 0.3) is 0 Å². The first-order chi connectivity index (χ1) is 9.19. The summed E-state index contributed by atoms with van der Waals surface area (Å²) in [4.78, 5) is 0. The summed E-state index contributed by atoms with van der Waals surface area (Å²) in [6, 6.07) is 0.692. The molecule has 1 heterocycles. The average molecular weight is 267 g/mol. The zero-order chi connectivity index (χ0) is 13.7. The van der Waals surface area contributed by atoms with E-state index in [1.807, 2.05) is 0 Å². The van der Waals surface area contributed by atoms with Crippen LogP contribution in [-0.4, -0.2) is 25.3 Å². The van der Waals surface area contributed by atoms with Crippen molar-refractivity contribution in [1.29, 1.82) is 0 Å². The molecule has 0 amide bonds. The van der Waals surface area contributed by atoms with Crippen LogP contribution in [0.1, 0.15) is 71.6 Å². The molecule has 19 heavy (non-hydrogen) atoms.